The van der Waals surface area contributed by atoms with Crippen LogP contribution >= 0.6 is 45.2 Å². The van der Waals surface area contributed by atoms with Crippen molar-refractivity contribution in [2.75, 3.05) is 0 Å². The van der Waals surface area contributed by atoms with Crippen LogP contribution in [0.25, 0.3) is 22.2 Å². The summed E-state index contributed by atoms with van der Waals surface area (Å²) in [5.74, 6) is 0. The van der Waals surface area contributed by atoms with Crippen LogP contribution in [-0.4, -0.2) is 9.97 Å². The quantitative estimate of drug-likeness (QED) is 0.355. The Balaban J connectivity index is 2.53. The zero-order valence-corrected chi connectivity index (χ0v) is 13.5. The largest absolute Gasteiger partial charge is 0.417 e. The highest BCUT2D eigenvalue weighted by atomic mass is 127. The average molecular weight is 488 g/mol. The molecule has 3 rings (SSSR count). The second-order valence-electron chi connectivity index (χ2n) is 4.00. The Kier molecular flexibility index (Phi) is 3.15. The molecule has 1 aliphatic heterocycles. The monoisotopic (exact) mass is 488 g/mol. The molecule has 2 aliphatic rings. The number of H-pyrrole nitrogens is 1. The van der Waals surface area contributed by atoms with E-state index < -0.39 is 11.7 Å². The van der Waals surface area contributed by atoms with Crippen molar-refractivity contribution in [1.82, 2.24) is 9.97 Å². The van der Waals surface area contributed by atoms with E-state index in [2.05, 4.69) is 9.97 Å². The minimum atomic E-state index is -4.39. The predicted molar refractivity (Wildman–Crippen MR) is 83.2 cm³/mol. The van der Waals surface area contributed by atoms with Crippen LogP contribution in [0.15, 0.2) is 24.3 Å². The number of fused-ring (bicyclic) bond motifs is 3. The highest BCUT2D eigenvalue weighted by Crippen LogP contribution is 2.45. The molecule has 0 fully saturated rings. The fourth-order valence-electron chi connectivity index (χ4n) is 2.14. The summed E-state index contributed by atoms with van der Waals surface area (Å²) in [5.41, 5.74) is 0.354. The molecule has 7 heteroatoms. The van der Waals surface area contributed by atoms with E-state index in [1.54, 1.807) is 12.1 Å². The van der Waals surface area contributed by atoms with Crippen molar-refractivity contribution in [2.24, 2.45) is 0 Å². The lowest BCUT2D eigenvalue weighted by molar-refractivity contribution is -0.135. The van der Waals surface area contributed by atoms with Crippen LogP contribution in [0.5, 0.6) is 0 Å². The first-order valence-electron chi connectivity index (χ1n) is 5.21. The van der Waals surface area contributed by atoms with Crippen molar-refractivity contribution in [3.05, 3.63) is 37.2 Å². The van der Waals surface area contributed by atoms with E-state index in [9.17, 15) is 13.2 Å². The summed E-state index contributed by atoms with van der Waals surface area (Å²) in [6.45, 7) is 0. The van der Waals surface area contributed by atoms with Gasteiger partial charge < -0.3 is 4.98 Å². The van der Waals surface area contributed by atoms with Crippen LogP contribution in [0.3, 0.4) is 0 Å². The van der Waals surface area contributed by atoms with Crippen LogP contribution in [0, 0.1) is 7.40 Å². The third-order valence-corrected chi connectivity index (χ3v) is 4.06. The zero-order chi connectivity index (χ0) is 13.8. The number of aromatic nitrogens is 2. The zero-order valence-electron chi connectivity index (χ0n) is 9.15. The topological polar surface area (TPSA) is 28.7 Å². The Labute approximate surface area is 133 Å². The molecule has 2 heterocycles. The maximum Gasteiger partial charge on any atom is 0.417 e. The van der Waals surface area contributed by atoms with Gasteiger partial charge in [0.15, 0.2) is 0 Å². The molecule has 0 saturated carbocycles. The second kappa shape index (κ2) is 4.47. The summed E-state index contributed by atoms with van der Waals surface area (Å²) >= 11 is 4.02. The van der Waals surface area contributed by atoms with Gasteiger partial charge in [0.1, 0.15) is 3.70 Å². The number of rotatable bonds is 0. The van der Waals surface area contributed by atoms with Crippen LogP contribution in [0.2, 0.25) is 0 Å². The number of nitrogens with zero attached hydrogens (tertiary/aromatic N) is 1. The van der Waals surface area contributed by atoms with Gasteiger partial charge in [-0.1, -0.05) is 0 Å². The van der Waals surface area contributed by atoms with Crippen molar-refractivity contribution >= 4 is 56.1 Å². The molecule has 1 aromatic heterocycles. The Morgan fingerprint density at radius 3 is 2.47 bits per heavy atom. The third kappa shape index (κ3) is 2.20. The Bertz CT molecular complexity index is 749. The Morgan fingerprint density at radius 2 is 1.79 bits per heavy atom. The fraction of sp³-hybridized carbons (Fsp3) is 0.0833. The number of hydrogen-bond donors (Lipinski definition) is 1. The number of nitrogens with one attached hydrogen (secondary N) is 1. The molecule has 0 spiro atoms. The lowest BCUT2D eigenvalue weighted by Gasteiger charge is -2.08. The predicted octanol–water partition coefficient (Wildman–Crippen LogP) is 4.90. The highest BCUT2D eigenvalue weighted by molar-refractivity contribution is 14.1. The highest BCUT2D eigenvalue weighted by Gasteiger charge is 2.39. The van der Waals surface area contributed by atoms with Gasteiger partial charge in [-0.15, -0.1) is 0 Å². The SMILES string of the molecule is FC(F)(F)c1c2ccc(I)[nH]c-2c2nc(I)ccc12. The minimum absolute atomic E-state index is 0.140. The molecular formula is C12H5F3I2N2. The van der Waals surface area contributed by atoms with Crippen molar-refractivity contribution in [3.8, 4) is 11.3 Å². The van der Waals surface area contributed by atoms with E-state index in [0.717, 1.165) is 3.70 Å². The van der Waals surface area contributed by atoms with Crippen molar-refractivity contribution < 1.29 is 13.2 Å². The van der Waals surface area contributed by atoms with Gasteiger partial charge in [0.05, 0.1) is 20.5 Å². The molecule has 0 saturated heterocycles. The number of aromatic amines is 1. The first-order chi connectivity index (χ1) is 8.88. The van der Waals surface area contributed by atoms with Crippen molar-refractivity contribution in [3.63, 3.8) is 0 Å². The van der Waals surface area contributed by atoms with E-state index >= 15 is 0 Å². The maximum absolute atomic E-state index is 13.2. The van der Waals surface area contributed by atoms with E-state index in [0.29, 0.717) is 14.9 Å². The summed E-state index contributed by atoms with van der Waals surface area (Å²) in [5, 5.41) is 0.140. The van der Waals surface area contributed by atoms with Gasteiger partial charge in [0, 0.05) is 10.9 Å². The van der Waals surface area contributed by atoms with Gasteiger partial charge >= 0.3 is 6.18 Å². The summed E-state index contributed by atoms with van der Waals surface area (Å²) < 4.78 is 41.1. The van der Waals surface area contributed by atoms with E-state index in [-0.39, 0.29) is 10.9 Å². The molecule has 0 unspecified atom stereocenters. The van der Waals surface area contributed by atoms with Gasteiger partial charge in [-0.2, -0.15) is 13.2 Å². The van der Waals surface area contributed by atoms with Crippen LogP contribution in [0.1, 0.15) is 5.56 Å². The second-order valence-corrected chi connectivity index (χ2v) is 6.27. The molecule has 0 atom stereocenters. The van der Waals surface area contributed by atoms with Gasteiger partial charge in [-0.3, -0.25) is 0 Å². The Hall–Kier alpha value is -0.580. The number of halogens is 5. The van der Waals surface area contributed by atoms with Gasteiger partial charge in [-0.05, 0) is 69.4 Å². The van der Waals surface area contributed by atoms with Gasteiger partial charge in [-0.25, -0.2) is 4.98 Å². The first kappa shape index (κ1) is 13.4. The smallest absolute Gasteiger partial charge is 0.348 e. The Morgan fingerprint density at radius 1 is 1.05 bits per heavy atom. The number of pyridine rings is 2. The van der Waals surface area contributed by atoms with Crippen LogP contribution < -0.4 is 0 Å². The molecule has 2 nitrogen and oxygen atoms in total. The maximum atomic E-state index is 13.2. The lowest BCUT2D eigenvalue weighted by Crippen LogP contribution is -2.05. The van der Waals surface area contributed by atoms with Crippen molar-refractivity contribution in [2.45, 2.75) is 6.18 Å². The molecule has 19 heavy (non-hydrogen) atoms. The number of hydrogen-bond acceptors (Lipinski definition) is 1. The van der Waals surface area contributed by atoms with Crippen molar-refractivity contribution in [1.29, 1.82) is 0 Å². The lowest BCUT2D eigenvalue weighted by atomic mass is 10.1. The van der Waals surface area contributed by atoms with E-state index in [4.69, 9.17) is 0 Å². The minimum Gasteiger partial charge on any atom is -0.348 e. The normalized spacial score (nSPS) is 12.5. The fourth-order valence-corrected chi connectivity index (χ4v) is 3.01. The third-order valence-electron chi connectivity index (χ3n) is 2.83. The van der Waals surface area contributed by atoms with E-state index in [1.807, 2.05) is 45.2 Å². The standard InChI is InChI=1S/C12H5F3I2N2/c13-12(14,15)9-5-1-3-7(16)18-10(5)11-6(9)2-4-8(17)19-11/h1-4,18H. The number of alkyl halides is 3. The molecule has 1 N–H and O–H groups in total. The first-order valence-corrected chi connectivity index (χ1v) is 7.37. The van der Waals surface area contributed by atoms with Crippen LogP contribution in [-0.2, 0) is 6.18 Å². The molecule has 1 aliphatic carbocycles. The molecule has 0 amide bonds. The van der Waals surface area contributed by atoms with Gasteiger partial charge in [0.25, 0.3) is 0 Å². The summed E-state index contributed by atoms with van der Waals surface area (Å²) in [7, 11) is 0. The molecular weight excluding hydrogens is 483 g/mol. The summed E-state index contributed by atoms with van der Waals surface area (Å²) in [4.78, 5) is 7.20. The van der Waals surface area contributed by atoms with E-state index in [1.165, 1.54) is 12.1 Å². The molecule has 0 radical (unpaired) electrons. The molecule has 98 valence electrons. The molecule has 0 bridgehead atoms. The average Bonchev–Trinajstić information content (AvgIpc) is 2.62. The summed E-state index contributed by atoms with van der Waals surface area (Å²) in [6, 6.07) is 6.18. The van der Waals surface area contributed by atoms with Gasteiger partial charge in [0.2, 0.25) is 0 Å². The molecule has 1 aromatic rings. The summed E-state index contributed by atoms with van der Waals surface area (Å²) in [6.07, 6.45) is -4.39. The van der Waals surface area contributed by atoms with Crippen LogP contribution in [0.4, 0.5) is 13.2 Å². The molecule has 0 aromatic carbocycles.